The van der Waals surface area contributed by atoms with Crippen molar-refractivity contribution in [3.05, 3.63) is 71.8 Å². The van der Waals surface area contributed by atoms with E-state index in [0.29, 0.717) is 6.54 Å². The Hall–Kier alpha value is -2.21. The number of piperazine rings is 1. The van der Waals surface area contributed by atoms with E-state index in [1.165, 1.54) is 0 Å². The Morgan fingerprint density at radius 2 is 1.69 bits per heavy atom. The highest BCUT2D eigenvalue weighted by Crippen LogP contribution is 2.28. The molecule has 2 fully saturated rings. The van der Waals surface area contributed by atoms with E-state index in [1.807, 2.05) is 60.7 Å². The van der Waals surface area contributed by atoms with Gasteiger partial charge in [-0.1, -0.05) is 60.7 Å². The maximum absolute atomic E-state index is 13.8. The van der Waals surface area contributed by atoms with E-state index in [4.69, 9.17) is 0 Å². The van der Waals surface area contributed by atoms with E-state index in [2.05, 4.69) is 15.1 Å². The Balaban J connectivity index is 1.58. The fraction of sp³-hybridized carbons (Fsp3) is 0.458. The zero-order valence-electron chi connectivity index (χ0n) is 16.9. The number of amides is 1. The van der Waals surface area contributed by atoms with Gasteiger partial charge in [0.15, 0.2) is 0 Å². The number of nitrogens with one attached hydrogen (secondary N) is 1. The monoisotopic (exact) mass is 393 g/mol. The summed E-state index contributed by atoms with van der Waals surface area (Å²) in [5.41, 5.74) is 2.07. The third-order valence-corrected chi connectivity index (χ3v) is 6.10. The van der Waals surface area contributed by atoms with Crippen LogP contribution in [-0.4, -0.2) is 72.2 Å². The SMILES string of the molecule is O=C(C(c1ccccc1)c1ccccc1)N1CCNCC1CN1CCCC(O)C1. The standard InChI is InChI=1S/C24H31N3O2/c28-22-12-7-14-26(18-22)17-21-16-25-13-15-27(21)24(29)23(19-8-3-1-4-9-19)20-10-5-2-6-11-20/h1-6,8-11,21-23,25,28H,7,12-18H2. The number of benzene rings is 2. The third kappa shape index (κ3) is 4.86. The van der Waals surface area contributed by atoms with Crippen molar-refractivity contribution in [3.8, 4) is 0 Å². The lowest BCUT2D eigenvalue weighted by Crippen LogP contribution is -2.59. The number of hydrogen-bond acceptors (Lipinski definition) is 4. The van der Waals surface area contributed by atoms with E-state index in [1.54, 1.807) is 0 Å². The van der Waals surface area contributed by atoms with Crippen molar-refractivity contribution >= 4 is 5.91 Å². The summed E-state index contributed by atoms with van der Waals surface area (Å²) in [6.45, 7) is 4.85. The molecule has 0 aromatic heterocycles. The summed E-state index contributed by atoms with van der Waals surface area (Å²) in [6, 6.07) is 20.3. The molecule has 0 spiro atoms. The van der Waals surface area contributed by atoms with Crippen LogP contribution in [0.1, 0.15) is 29.9 Å². The number of likely N-dealkylation sites (tertiary alicyclic amines) is 1. The topological polar surface area (TPSA) is 55.8 Å². The van der Waals surface area contributed by atoms with Gasteiger partial charge in [0.05, 0.1) is 18.1 Å². The van der Waals surface area contributed by atoms with Crippen LogP contribution in [0.2, 0.25) is 0 Å². The average molecular weight is 394 g/mol. The maximum atomic E-state index is 13.8. The fourth-order valence-corrected chi connectivity index (χ4v) is 4.64. The number of aliphatic hydroxyl groups is 1. The Labute approximate surface area is 173 Å². The highest BCUT2D eigenvalue weighted by atomic mass is 16.3. The minimum absolute atomic E-state index is 0.122. The molecule has 154 valence electrons. The number of carbonyl (C=O) groups excluding carboxylic acids is 1. The molecule has 2 aromatic rings. The van der Waals surface area contributed by atoms with Crippen LogP contribution in [0.3, 0.4) is 0 Å². The van der Waals surface area contributed by atoms with Crippen LogP contribution in [0.4, 0.5) is 0 Å². The molecule has 29 heavy (non-hydrogen) atoms. The summed E-state index contributed by atoms with van der Waals surface area (Å²) >= 11 is 0. The largest absolute Gasteiger partial charge is 0.392 e. The Kier molecular flexibility index (Phi) is 6.60. The molecule has 2 atom stereocenters. The second kappa shape index (κ2) is 9.53. The van der Waals surface area contributed by atoms with Crippen molar-refractivity contribution in [3.63, 3.8) is 0 Å². The molecule has 0 aliphatic carbocycles. The van der Waals surface area contributed by atoms with Crippen LogP contribution in [0.25, 0.3) is 0 Å². The summed E-state index contributed by atoms with van der Waals surface area (Å²) in [6.07, 6.45) is 1.66. The molecule has 2 aromatic carbocycles. The normalized spacial score (nSPS) is 23.3. The van der Waals surface area contributed by atoms with E-state index in [9.17, 15) is 9.90 Å². The fourth-order valence-electron chi connectivity index (χ4n) is 4.64. The predicted octanol–water partition coefficient (Wildman–Crippen LogP) is 2.08. The zero-order chi connectivity index (χ0) is 20.1. The summed E-state index contributed by atoms with van der Waals surface area (Å²) in [4.78, 5) is 18.2. The molecule has 0 radical (unpaired) electrons. The van der Waals surface area contributed by atoms with Crippen LogP contribution < -0.4 is 5.32 Å². The van der Waals surface area contributed by atoms with Crippen LogP contribution in [0.15, 0.2) is 60.7 Å². The number of piperidine rings is 1. The highest BCUT2D eigenvalue weighted by molar-refractivity contribution is 5.87. The second-order valence-electron chi connectivity index (χ2n) is 8.20. The van der Waals surface area contributed by atoms with Crippen molar-refractivity contribution in [2.75, 3.05) is 39.3 Å². The maximum Gasteiger partial charge on any atom is 0.234 e. The van der Waals surface area contributed by atoms with E-state index in [0.717, 1.165) is 56.7 Å². The van der Waals surface area contributed by atoms with Crippen molar-refractivity contribution < 1.29 is 9.90 Å². The first kappa shape index (κ1) is 20.1. The Morgan fingerprint density at radius 3 is 2.31 bits per heavy atom. The van der Waals surface area contributed by atoms with Crippen LogP contribution in [0, 0.1) is 0 Å². The van der Waals surface area contributed by atoms with Gasteiger partial charge in [-0.15, -0.1) is 0 Å². The predicted molar refractivity (Wildman–Crippen MR) is 115 cm³/mol. The van der Waals surface area contributed by atoms with Gasteiger partial charge in [0, 0.05) is 32.7 Å². The van der Waals surface area contributed by atoms with Gasteiger partial charge in [0.25, 0.3) is 0 Å². The molecule has 2 aliphatic rings. The molecular weight excluding hydrogens is 362 g/mol. The molecule has 5 heteroatoms. The molecule has 2 saturated heterocycles. The van der Waals surface area contributed by atoms with Gasteiger partial charge in [-0.3, -0.25) is 9.69 Å². The molecule has 5 nitrogen and oxygen atoms in total. The quantitative estimate of drug-likeness (QED) is 0.817. The molecule has 1 amide bonds. The van der Waals surface area contributed by atoms with Crippen molar-refractivity contribution in [1.29, 1.82) is 0 Å². The van der Waals surface area contributed by atoms with Gasteiger partial charge in [0.1, 0.15) is 0 Å². The number of hydrogen-bond donors (Lipinski definition) is 2. The van der Waals surface area contributed by atoms with E-state index in [-0.39, 0.29) is 24.0 Å². The summed E-state index contributed by atoms with van der Waals surface area (Å²) in [5, 5.41) is 13.5. The smallest absolute Gasteiger partial charge is 0.234 e. The summed E-state index contributed by atoms with van der Waals surface area (Å²) in [7, 11) is 0. The molecule has 2 N–H and O–H groups in total. The van der Waals surface area contributed by atoms with E-state index >= 15 is 0 Å². The molecule has 2 aliphatic heterocycles. The van der Waals surface area contributed by atoms with Gasteiger partial charge >= 0.3 is 0 Å². The second-order valence-corrected chi connectivity index (χ2v) is 8.20. The first-order valence-electron chi connectivity index (χ1n) is 10.7. The lowest BCUT2D eigenvalue weighted by molar-refractivity contribution is -0.135. The van der Waals surface area contributed by atoms with Crippen molar-refractivity contribution in [2.24, 2.45) is 0 Å². The lowest BCUT2D eigenvalue weighted by Gasteiger charge is -2.42. The molecule has 0 saturated carbocycles. The number of β-amino-alcohol motifs (C(OH)–C–C–N with tert-alkyl or cyclic N) is 1. The zero-order valence-corrected chi connectivity index (χ0v) is 16.9. The Morgan fingerprint density at radius 1 is 1.03 bits per heavy atom. The lowest BCUT2D eigenvalue weighted by atomic mass is 9.89. The minimum Gasteiger partial charge on any atom is -0.392 e. The van der Waals surface area contributed by atoms with Gasteiger partial charge in [0.2, 0.25) is 5.91 Å². The third-order valence-electron chi connectivity index (χ3n) is 6.10. The van der Waals surface area contributed by atoms with Crippen molar-refractivity contribution in [1.82, 2.24) is 15.1 Å². The number of nitrogens with zero attached hydrogens (tertiary/aromatic N) is 2. The van der Waals surface area contributed by atoms with Crippen LogP contribution in [-0.2, 0) is 4.79 Å². The van der Waals surface area contributed by atoms with E-state index < -0.39 is 0 Å². The Bertz CT molecular complexity index is 744. The molecule has 0 bridgehead atoms. The summed E-state index contributed by atoms with van der Waals surface area (Å²) in [5.74, 6) is -0.114. The first-order chi connectivity index (χ1) is 14.2. The first-order valence-corrected chi connectivity index (χ1v) is 10.7. The molecular formula is C24H31N3O2. The summed E-state index contributed by atoms with van der Waals surface area (Å²) < 4.78 is 0. The molecule has 2 unspecified atom stereocenters. The van der Waals surface area contributed by atoms with Gasteiger partial charge in [-0.2, -0.15) is 0 Å². The van der Waals surface area contributed by atoms with Crippen LogP contribution >= 0.6 is 0 Å². The van der Waals surface area contributed by atoms with Gasteiger partial charge in [-0.25, -0.2) is 0 Å². The van der Waals surface area contributed by atoms with Gasteiger partial charge < -0.3 is 15.3 Å². The van der Waals surface area contributed by atoms with Crippen molar-refractivity contribution in [2.45, 2.75) is 30.9 Å². The number of carbonyl (C=O) groups is 1. The molecule has 2 heterocycles. The number of aliphatic hydroxyl groups excluding tert-OH is 1. The highest BCUT2D eigenvalue weighted by Gasteiger charge is 2.34. The average Bonchev–Trinajstić information content (AvgIpc) is 2.76. The minimum atomic E-state index is -0.287. The van der Waals surface area contributed by atoms with Crippen LogP contribution in [0.5, 0.6) is 0 Å². The molecule has 4 rings (SSSR count). The number of rotatable bonds is 5. The van der Waals surface area contributed by atoms with Gasteiger partial charge in [-0.05, 0) is 30.5 Å².